The zero-order chi connectivity index (χ0) is 15.8. The topological polar surface area (TPSA) is 72.8 Å². The fraction of sp³-hybridized carbons (Fsp3) is 0.533. The molecule has 1 heterocycles. The van der Waals surface area contributed by atoms with Crippen molar-refractivity contribution in [2.75, 3.05) is 11.5 Å². The Hall–Kier alpha value is -1.36. The predicted molar refractivity (Wildman–Crippen MR) is 82.8 cm³/mol. The van der Waals surface area contributed by atoms with E-state index < -0.39 is 15.4 Å². The Bertz CT molecular complexity index is 722. The van der Waals surface area contributed by atoms with Crippen LogP contribution in [-0.4, -0.2) is 32.1 Å². The minimum absolute atomic E-state index is 0.0322. The standard InChI is InChI=1S/C15H16ClNO4S/c16-13-7-11(15(17-10-18)5-1-2-6-15)3-4-14(13)21-12-8-22(19,20)9-12/h3-4,7,12H,1-2,5-6,8-9H2. The normalized spacial score (nSPS) is 22.6. The van der Waals surface area contributed by atoms with Crippen LogP contribution in [0.4, 0.5) is 0 Å². The molecule has 0 spiro atoms. The summed E-state index contributed by atoms with van der Waals surface area (Å²) in [5.74, 6) is 0.531. The van der Waals surface area contributed by atoms with Gasteiger partial charge in [-0.15, -0.1) is 0 Å². The van der Waals surface area contributed by atoms with Gasteiger partial charge in [0.2, 0.25) is 6.08 Å². The largest absolute Gasteiger partial charge is 0.487 e. The van der Waals surface area contributed by atoms with E-state index in [9.17, 15) is 13.2 Å². The Morgan fingerprint density at radius 1 is 1.27 bits per heavy atom. The minimum atomic E-state index is -2.93. The number of benzene rings is 1. The highest BCUT2D eigenvalue weighted by molar-refractivity contribution is 7.92. The molecule has 0 atom stereocenters. The van der Waals surface area contributed by atoms with Crippen LogP contribution < -0.4 is 4.74 Å². The van der Waals surface area contributed by atoms with Crippen molar-refractivity contribution in [1.82, 2.24) is 0 Å². The number of sulfone groups is 1. The summed E-state index contributed by atoms with van der Waals surface area (Å²) in [4.78, 5) is 14.8. The van der Waals surface area contributed by atoms with Gasteiger partial charge < -0.3 is 4.74 Å². The van der Waals surface area contributed by atoms with Crippen molar-refractivity contribution in [3.8, 4) is 5.75 Å². The van der Waals surface area contributed by atoms with Crippen LogP contribution in [-0.2, 0) is 20.2 Å². The van der Waals surface area contributed by atoms with E-state index in [0.717, 1.165) is 31.2 Å². The van der Waals surface area contributed by atoms with Crippen molar-refractivity contribution >= 4 is 27.5 Å². The molecule has 0 aromatic heterocycles. The van der Waals surface area contributed by atoms with Gasteiger partial charge in [0.25, 0.3) is 0 Å². The molecule has 1 aromatic rings. The van der Waals surface area contributed by atoms with E-state index in [0.29, 0.717) is 10.8 Å². The maximum absolute atomic E-state index is 11.2. The highest BCUT2D eigenvalue weighted by atomic mass is 35.5. The third-order valence-corrected chi connectivity index (χ3v) is 6.39. The molecule has 1 aliphatic heterocycles. The van der Waals surface area contributed by atoms with Crippen LogP contribution in [0.5, 0.6) is 5.75 Å². The molecule has 0 N–H and O–H groups in total. The highest BCUT2D eigenvalue weighted by Gasteiger charge is 2.37. The molecule has 3 rings (SSSR count). The number of hydrogen-bond donors (Lipinski definition) is 0. The van der Waals surface area contributed by atoms with E-state index in [-0.39, 0.29) is 17.6 Å². The van der Waals surface area contributed by atoms with Gasteiger partial charge in [0.15, 0.2) is 9.84 Å². The summed E-state index contributed by atoms with van der Waals surface area (Å²) in [6, 6.07) is 5.33. The zero-order valence-corrected chi connectivity index (χ0v) is 13.5. The van der Waals surface area contributed by atoms with Crippen molar-refractivity contribution in [2.24, 2.45) is 4.99 Å². The molecule has 22 heavy (non-hydrogen) atoms. The first-order chi connectivity index (χ1) is 10.4. The summed E-state index contributed by atoms with van der Waals surface area (Å²) in [6.07, 6.45) is 4.98. The van der Waals surface area contributed by atoms with Crippen molar-refractivity contribution in [2.45, 2.75) is 37.3 Å². The molecule has 1 saturated heterocycles. The molecule has 0 bridgehead atoms. The van der Waals surface area contributed by atoms with Gasteiger partial charge in [-0.05, 0) is 30.5 Å². The first-order valence-electron chi connectivity index (χ1n) is 7.20. The Labute approximate surface area is 134 Å². The van der Waals surface area contributed by atoms with Gasteiger partial charge >= 0.3 is 0 Å². The number of aliphatic imine (C=N–C) groups is 1. The van der Waals surface area contributed by atoms with Crippen molar-refractivity contribution in [3.05, 3.63) is 28.8 Å². The van der Waals surface area contributed by atoms with Crippen molar-refractivity contribution < 1.29 is 17.9 Å². The molecule has 1 aromatic carbocycles. The lowest BCUT2D eigenvalue weighted by Gasteiger charge is -2.28. The Balaban J connectivity index is 1.81. The van der Waals surface area contributed by atoms with E-state index in [2.05, 4.69) is 4.99 Å². The third kappa shape index (κ3) is 2.91. The summed E-state index contributed by atoms with van der Waals surface area (Å²) in [7, 11) is -2.93. The zero-order valence-electron chi connectivity index (χ0n) is 11.9. The van der Waals surface area contributed by atoms with E-state index in [1.807, 2.05) is 6.07 Å². The van der Waals surface area contributed by atoms with E-state index in [1.165, 1.54) is 0 Å². The average Bonchev–Trinajstić information content (AvgIpc) is 2.89. The Morgan fingerprint density at radius 2 is 1.95 bits per heavy atom. The predicted octanol–water partition coefficient (Wildman–Crippen LogP) is 2.62. The van der Waals surface area contributed by atoms with Crippen molar-refractivity contribution in [3.63, 3.8) is 0 Å². The quantitative estimate of drug-likeness (QED) is 0.623. The first kappa shape index (κ1) is 15.5. The van der Waals surface area contributed by atoms with Gasteiger partial charge in [-0.1, -0.05) is 30.5 Å². The second-order valence-electron chi connectivity index (χ2n) is 5.90. The lowest BCUT2D eigenvalue weighted by atomic mass is 9.89. The van der Waals surface area contributed by atoms with Crippen LogP contribution in [0, 0.1) is 0 Å². The number of halogens is 1. The van der Waals surface area contributed by atoms with Gasteiger partial charge in [0.05, 0.1) is 22.1 Å². The number of hydrogen-bond acceptors (Lipinski definition) is 5. The molecule has 0 radical (unpaired) electrons. The van der Waals surface area contributed by atoms with Gasteiger partial charge in [-0.3, -0.25) is 0 Å². The van der Waals surface area contributed by atoms with Gasteiger partial charge in [-0.2, -0.15) is 4.99 Å². The molecule has 0 unspecified atom stereocenters. The molecular weight excluding hydrogens is 326 g/mol. The lowest BCUT2D eigenvalue weighted by Crippen LogP contribution is -2.45. The SMILES string of the molecule is O=C=NC1(c2ccc(OC3CS(=O)(=O)C3)c(Cl)c2)CCCC1. The maximum Gasteiger partial charge on any atom is 0.235 e. The molecule has 2 aliphatic rings. The Morgan fingerprint density at radius 3 is 2.50 bits per heavy atom. The summed E-state index contributed by atoms with van der Waals surface area (Å²) < 4.78 is 27.9. The molecule has 2 fully saturated rings. The number of ether oxygens (including phenoxy) is 1. The third-order valence-electron chi connectivity index (χ3n) is 4.33. The van der Waals surface area contributed by atoms with Crippen LogP contribution in [0.3, 0.4) is 0 Å². The van der Waals surface area contributed by atoms with Gasteiger partial charge in [-0.25, -0.2) is 13.2 Å². The first-order valence-corrected chi connectivity index (χ1v) is 9.40. The number of carbonyl (C=O) groups excluding carboxylic acids is 1. The van der Waals surface area contributed by atoms with E-state index in [1.54, 1.807) is 18.2 Å². The molecule has 7 heteroatoms. The van der Waals surface area contributed by atoms with E-state index >= 15 is 0 Å². The van der Waals surface area contributed by atoms with Crippen molar-refractivity contribution in [1.29, 1.82) is 0 Å². The summed E-state index contributed by atoms with van der Waals surface area (Å²) >= 11 is 6.25. The fourth-order valence-electron chi connectivity index (χ4n) is 3.16. The summed E-state index contributed by atoms with van der Waals surface area (Å²) in [5.41, 5.74) is 0.357. The number of isocyanates is 1. The molecule has 1 aliphatic carbocycles. The molecular formula is C15H16ClNO4S. The van der Waals surface area contributed by atoms with Crippen LogP contribution in [0.1, 0.15) is 31.2 Å². The van der Waals surface area contributed by atoms with Crippen LogP contribution in [0.2, 0.25) is 5.02 Å². The molecule has 5 nitrogen and oxygen atoms in total. The lowest BCUT2D eigenvalue weighted by molar-refractivity contribution is 0.230. The van der Waals surface area contributed by atoms with Crippen LogP contribution in [0.25, 0.3) is 0 Å². The number of rotatable bonds is 4. The minimum Gasteiger partial charge on any atom is -0.487 e. The van der Waals surface area contributed by atoms with Gasteiger partial charge in [0, 0.05) is 0 Å². The second kappa shape index (κ2) is 5.69. The van der Waals surface area contributed by atoms with Gasteiger partial charge in [0.1, 0.15) is 11.9 Å². The van der Waals surface area contributed by atoms with E-state index in [4.69, 9.17) is 16.3 Å². The van der Waals surface area contributed by atoms with Crippen LogP contribution >= 0.6 is 11.6 Å². The number of nitrogens with zero attached hydrogens (tertiary/aromatic N) is 1. The fourth-order valence-corrected chi connectivity index (χ4v) is 4.56. The molecule has 0 amide bonds. The average molecular weight is 342 g/mol. The highest BCUT2D eigenvalue weighted by Crippen LogP contribution is 2.44. The monoisotopic (exact) mass is 341 g/mol. The Kier molecular flexibility index (Phi) is 4.02. The maximum atomic E-state index is 11.2. The summed E-state index contributed by atoms with van der Waals surface area (Å²) in [5, 5.41) is 0.411. The van der Waals surface area contributed by atoms with Crippen LogP contribution in [0.15, 0.2) is 23.2 Å². The second-order valence-corrected chi connectivity index (χ2v) is 8.46. The molecule has 1 saturated carbocycles. The smallest absolute Gasteiger partial charge is 0.235 e. The summed E-state index contributed by atoms with van der Waals surface area (Å²) in [6.45, 7) is 0. The molecule has 118 valence electrons.